The van der Waals surface area contributed by atoms with Crippen molar-refractivity contribution in [3.63, 3.8) is 0 Å². The predicted octanol–water partition coefficient (Wildman–Crippen LogP) is 3.77. The highest BCUT2D eigenvalue weighted by molar-refractivity contribution is 5.86. The highest BCUT2D eigenvalue weighted by Crippen LogP contribution is 2.23. The van der Waals surface area contributed by atoms with Crippen LogP contribution >= 0.6 is 0 Å². The molecule has 0 aliphatic rings. The molecule has 2 rings (SSSR count). The molecular weight excluding hydrogens is 314 g/mol. The standard InChI is InChI=1S/C20H25N3O2/c1-14(2)17-11-9-16(10-12-17)13-21-23-20(24)15(3)22-18-7-5-6-8-19(18)25-4/h5-15,22H,1-4H3,(H,23,24)/b21-13-/t15-/m0/s1. The SMILES string of the molecule is COc1ccccc1N[C@@H](C)C(=O)N/N=C\c1ccc(C(C)C)cc1. The van der Waals surface area contributed by atoms with Gasteiger partial charge in [-0.05, 0) is 36.1 Å². The highest BCUT2D eigenvalue weighted by Gasteiger charge is 2.13. The van der Waals surface area contributed by atoms with E-state index in [1.807, 2.05) is 36.4 Å². The molecule has 25 heavy (non-hydrogen) atoms. The summed E-state index contributed by atoms with van der Waals surface area (Å²) in [6.45, 7) is 6.08. The molecule has 0 aromatic heterocycles. The fourth-order valence-corrected chi connectivity index (χ4v) is 2.30. The summed E-state index contributed by atoms with van der Waals surface area (Å²) in [7, 11) is 1.60. The van der Waals surface area contributed by atoms with E-state index in [9.17, 15) is 4.79 Å². The summed E-state index contributed by atoms with van der Waals surface area (Å²) < 4.78 is 5.27. The van der Waals surface area contributed by atoms with Crippen LogP contribution < -0.4 is 15.5 Å². The van der Waals surface area contributed by atoms with E-state index < -0.39 is 6.04 Å². The number of nitrogens with zero attached hydrogens (tertiary/aromatic N) is 1. The summed E-state index contributed by atoms with van der Waals surface area (Å²) in [6, 6.07) is 15.1. The molecule has 2 N–H and O–H groups in total. The van der Waals surface area contributed by atoms with Crippen LogP contribution in [0.1, 0.15) is 37.8 Å². The smallest absolute Gasteiger partial charge is 0.262 e. The number of rotatable bonds is 7. The van der Waals surface area contributed by atoms with E-state index in [2.05, 4.69) is 41.8 Å². The summed E-state index contributed by atoms with van der Waals surface area (Å²) in [5.74, 6) is 0.962. The Morgan fingerprint density at radius 2 is 1.76 bits per heavy atom. The quantitative estimate of drug-likeness (QED) is 0.596. The van der Waals surface area contributed by atoms with Crippen molar-refractivity contribution >= 4 is 17.8 Å². The Morgan fingerprint density at radius 1 is 1.08 bits per heavy atom. The minimum atomic E-state index is -0.447. The molecule has 0 heterocycles. The number of ether oxygens (including phenoxy) is 1. The van der Waals surface area contributed by atoms with Crippen LogP contribution in [0.25, 0.3) is 0 Å². The van der Waals surface area contributed by atoms with Gasteiger partial charge in [0, 0.05) is 0 Å². The molecule has 2 aromatic rings. The Bertz CT molecular complexity index is 724. The van der Waals surface area contributed by atoms with Crippen LogP contribution in [0.2, 0.25) is 0 Å². The minimum Gasteiger partial charge on any atom is -0.495 e. The highest BCUT2D eigenvalue weighted by atomic mass is 16.5. The van der Waals surface area contributed by atoms with Gasteiger partial charge in [-0.2, -0.15) is 5.10 Å². The van der Waals surface area contributed by atoms with Gasteiger partial charge in [0.2, 0.25) is 0 Å². The maximum Gasteiger partial charge on any atom is 0.262 e. The van der Waals surface area contributed by atoms with E-state index in [-0.39, 0.29) is 5.91 Å². The van der Waals surface area contributed by atoms with Gasteiger partial charge in [0.1, 0.15) is 11.8 Å². The summed E-state index contributed by atoms with van der Waals surface area (Å²) >= 11 is 0. The number of carbonyl (C=O) groups excluding carboxylic acids is 1. The summed E-state index contributed by atoms with van der Waals surface area (Å²) in [5, 5.41) is 7.14. The molecule has 0 fully saturated rings. The third-order valence-electron chi connectivity index (χ3n) is 3.86. The average molecular weight is 339 g/mol. The second-order valence-corrected chi connectivity index (χ2v) is 6.12. The number of carbonyl (C=O) groups is 1. The molecule has 0 radical (unpaired) electrons. The zero-order valence-electron chi connectivity index (χ0n) is 15.1. The maximum atomic E-state index is 12.2. The van der Waals surface area contributed by atoms with Gasteiger partial charge in [0.25, 0.3) is 5.91 Å². The predicted molar refractivity (Wildman–Crippen MR) is 102 cm³/mol. The van der Waals surface area contributed by atoms with Crippen molar-refractivity contribution in [2.24, 2.45) is 5.10 Å². The topological polar surface area (TPSA) is 62.7 Å². The molecule has 2 aromatic carbocycles. The molecule has 0 aliphatic heterocycles. The van der Waals surface area contributed by atoms with Crippen LogP contribution in [0.4, 0.5) is 5.69 Å². The normalized spacial score (nSPS) is 12.2. The Kier molecular flexibility index (Phi) is 6.57. The summed E-state index contributed by atoms with van der Waals surface area (Å²) in [4.78, 5) is 12.2. The van der Waals surface area contributed by atoms with E-state index in [0.29, 0.717) is 11.7 Å². The van der Waals surface area contributed by atoms with Gasteiger partial charge in [-0.3, -0.25) is 4.79 Å². The second kappa shape index (κ2) is 8.87. The van der Waals surface area contributed by atoms with Crippen molar-refractivity contribution in [3.8, 4) is 5.75 Å². The number of nitrogens with one attached hydrogen (secondary N) is 2. The van der Waals surface area contributed by atoms with Crippen molar-refractivity contribution < 1.29 is 9.53 Å². The van der Waals surface area contributed by atoms with Gasteiger partial charge in [-0.15, -0.1) is 0 Å². The molecule has 1 atom stereocenters. The van der Waals surface area contributed by atoms with Crippen LogP contribution in [0.3, 0.4) is 0 Å². The molecule has 0 spiro atoms. The lowest BCUT2D eigenvalue weighted by Crippen LogP contribution is -2.35. The lowest BCUT2D eigenvalue weighted by atomic mass is 10.0. The number of hydrogen-bond acceptors (Lipinski definition) is 4. The first-order valence-electron chi connectivity index (χ1n) is 8.33. The molecule has 5 nitrogen and oxygen atoms in total. The molecule has 1 amide bonds. The maximum absolute atomic E-state index is 12.2. The molecular formula is C20H25N3O2. The van der Waals surface area contributed by atoms with Gasteiger partial charge in [0.05, 0.1) is 19.0 Å². The van der Waals surface area contributed by atoms with Gasteiger partial charge in [-0.25, -0.2) is 5.43 Å². The molecule has 0 saturated carbocycles. The molecule has 5 heteroatoms. The largest absolute Gasteiger partial charge is 0.495 e. The number of hydrazone groups is 1. The number of amides is 1. The monoisotopic (exact) mass is 339 g/mol. The Hall–Kier alpha value is -2.82. The lowest BCUT2D eigenvalue weighted by molar-refractivity contribution is -0.121. The number of methoxy groups -OCH3 is 1. The third-order valence-corrected chi connectivity index (χ3v) is 3.86. The van der Waals surface area contributed by atoms with Crippen LogP contribution in [0.15, 0.2) is 53.6 Å². The lowest BCUT2D eigenvalue weighted by Gasteiger charge is -2.15. The van der Waals surface area contributed by atoms with E-state index in [4.69, 9.17) is 4.74 Å². The Labute approximate surface area is 149 Å². The first-order chi connectivity index (χ1) is 12.0. The summed E-state index contributed by atoms with van der Waals surface area (Å²) in [5.41, 5.74) is 5.53. The first-order valence-corrected chi connectivity index (χ1v) is 8.33. The zero-order chi connectivity index (χ0) is 18.2. The van der Waals surface area contributed by atoms with Crippen molar-refractivity contribution in [1.29, 1.82) is 0 Å². The fraction of sp³-hybridized carbons (Fsp3) is 0.300. The van der Waals surface area contributed by atoms with Crippen LogP contribution in [0, 0.1) is 0 Å². The Morgan fingerprint density at radius 3 is 2.40 bits per heavy atom. The zero-order valence-corrected chi connectivity index (χ0v) is 15.1. The molecule has 0 bridgehead atoms. The van der Waals surface area contributed by atoms with Gasteiger partial charge >= 0.3 is 0 Å². The van der Waals surface area contributed by atoms with Crippen LogP contribution in [-0.2, 0) is 4.79 Å². The van der Waals surface area contributed by atoms with Crippen molar-refractivity contribution in [3.05, 3.63) is 59.7 Å². The molecule has 0 aliphatic carbocycles. The second-order valence-electron chi connectivity index (χ2n) is 6.12. The average Bonchev–Trinajstić information content (AvgIpc) is 2.62. The van der Waals surface area contributed by atoms with Crippen molar-refractivity contribution in [1.82, 2.24) is 5.43 Å². The minimum absolute atomic E-state index is 0.221. The number of para-hydroxylation sites is 2. The van der Waals surface area contributed by atoms with E-state index >= 15 is 0 Å². The third kappa shape index (κ3) is 5.35. The van der Waals surface area contributed by atoms with Gasteiger partial charge in [0.15, 0.2) is 0 Å². The number of hydrogen-bond donors (Lipinski definition) is 2. The van der Waals surface area contributed by atoms with Crippen LogP contribution in [-0.4, -0.2) is 25.3 Å². The van der Waals surface area contributed by atoms with E-state index in [0.717, 1.165) is 11.3 Å². The van der Waals surface area contributed by atoms with E-state index in [1.54, 1.807) is 20.2 Å². The fourth-order valence-electron chi connectivity index (χ4n) is 2.30. The van der Waals surface area contributed by atoms with Gasteiger partial charge < -0.3 is 10.1 Å². The van der Waals surface area contributed by atoms with Crippen molar-refractivity contribution in [2.45, 2.75) is 32.7 Å². The number of anilines is 1. The molecule has 132 valence electrons. The molecule has 0 unspecified atom stereocenters. The van der Waals surface area contributed by atoms with Crippen LogP contribution in [0.5, 0.6) is 5.75 Å². The summed E-state index contributed by atoms with van der Waals surface area (Å²) in [6.07, 6.45) is 1.64. The van der Waals surface area contributed by atoms with E-state index in [1.165, 1.54) is 5.56 Å². The first kappa shape index (κ1) is 18.5. The Balaban J connectivity index is 1.90. The molecule has 0 saturated heterocycles. The van der Waals surface area contributed by atoms with Gasteiger partial charge in [-0.1, -0.05) is 50.2 Å². The van der Waals surface area contributed by atoms with Crippen molar-refractivity contribution in [2.75, 3.05) is 12.4 Å². The number of benzene rings is 2.